The number of nitrogens with zero attached hydrogens (tertiary/aromatic N) is 1. The van der Waals surface area contributed by atoms with Crippen LogP contribution in [0.4, 0.5) is 13.2 Å². The fraction of sp³-hybridized carbons (Fsp3) is 0.250. The predicted molar refractivity (Wildman–Crippen MR) is 88.7 cm³/mol. The third-order valence-corrected chi connectivity index (χ3v) is 4.18. The Morgan fingerprint density at radius 2 is 1.88 bits per heavy atom. The molecule has 1 aromatic carbocycles. The first kappa shape index (κ1) is 19.3. The molecule has 25 heavy (non-hydrogen) atoms. The summed E-state index contributed by atoms with van der Waals surface area (Å²) in [7, 11) is 0. The van der Waals surface area contributed by atoms with Crippen LogP contribution in [0.2, 0.25) is 10.0 Å². The van der Waals surface area contributed by atoms with Crippen molar-refractivity contribution in [2.24, 2.45) is 0 Å². The Balaban J connectivity index is 2.12. The lowest BCUT2D eigenvalue weighted by Crippen LogP contribution is -2.34. The van der Waals surface area contributed by atoms with Gasteiger partial charge in [0.2, 0.25) is 5.91 Å². The maximum Gasteiger partial charge on any atom is 0.417 e. The molecule has 1 atom stereocenters. The van der Waals surface area contributed by atoms with E-state index in [4.69, 9.17) is 23.2 Å². The molecule has 2 aromatic rings. The summed E-state index contributed by atoms with van der Waals surface area (Å²) in [5, 5.41) is 3.27. The van der Waals surface area contributed by atoms with Gasteiger partial charge < -0.3 is 9.88 Å². The lowest BCUT2D eigenvalue weighted by atomic mass is 10.1. The van der Waals surface area contributed by atoms with Crippen LogP contribution in [0.25, 0.3) is 0 Å². The van der Waals surface area contributed by atoms with Crippen molar-refractivity contribution in [2.75, 3.05) is 0 Å². The summed E-state index contributed by atoms with van der Waals surface area (Å²) in [5.74, 6) is -0.611. The number of pyridine rings is 1. The van der Waals surface area contributed by atoms with Crippen molar-refractivity contribution in [3.63, 3.8) is 0 Å². The quantitative estimate of drug-likeness (QED) is 0.852. The van der Waals surface area contributed by atoms with Crippen LogP contribution in [-0.4, -0.2) is 10.5 Å². The van der Waals surface area contributed by atoms with Crippen molar-refractivity contribution in [2.45, 2.75) is 25.7 Å². The number of carbonyl (C=O) groups is 1. The highest BCUT2D eigenvalue weighted by molar-refractivity contribution is 6.42. The fourth-order valence-corrected chi connectivity index (χ4v) is 2.44. The van der Waals surface area contributed by atoms with Crippen molar-refractivity contribution in [1.29, 1.82) is 0 Å². The fourth-order valence-electron chi connectivity index (χ4n) is 2.13. The molecule has 0 aliphatic rings. The summed E-state index contributed by atoms with van der Waals surface area (Å²) < 4.78 is 38.8. The molecule has 0 spiro atoms. The van der Waals surface area contributed by atoms with E-state index in [2.05, 4.69) is 5.32 Å². The molecule has 0 aliphatic carbocycles. The zero-order valence-electron chi connectivity index (χ0n) is 12.9. The highest BCUT2D eigenvalue weighted by Crippen LogP contribution is 2.28. The number of hydrogen-bond donors (Lipinski definition) is 1. The van der Waals surface area contributed by atoms with Gasteiger partial charge in [0.25, 0.3) is 5.56 Å². The third-order valence-electron chi connectivity index (χ3n) is 3.45. The minimum atomic E-state index is -4.60. The second kappa shape index (κ2) is 7.49. The Bertz CT molecular complexity index is 850. The SMILES string of the molecule is CC(NC(=O)Cn1cc(C(F)(F)F)ccc1=O)c1ccc(Cl)c(Cl)c1. The molecule has 1 amide bonds. The number of hydrogen-bond acceptors (Lipinski definition) is 2. The molecule has 1 heterocycles. The Morgan fingerprint density at radius 1 is 1.20 bits per heavy atom. The summed E-state index contributed by atoms with van der Waals surface area (Å²) in [4.78, 5) is 23.7. The third kappa shape index (κ3) is 4.99. The first-order valence-corrected chi connectivity index (χ1v) is 7.85. The van der Waals surface area contributed by atoms with Gasteiger partial charge in [0.15, 0.2) is 0 Å². The van der Waals surface area contributed by atoms with Gasteiger partial charge in [0.05, 0.1) is 21.7 Å². The highest BCUT2D eigenvalue weighted by Gasteiger charge is 2.31. The molecular formula is C16H13Cl2F3N2O2. The summed E-state index contributed by atoms with van der Waals surface area (Å²) in [5.41, 5.74) is -1.04. The van der Waals surface area contributed by atoms with E-state index >= 15 is 0 Å². The minimum absolute atomic E-state index is 0.314. The summed E-state index contributed by atoms with van der Waals surface area (Å²) in [6.45, 7) is 1.14. The smallest absolute Gasteiger partial charge is 0.348 e. The van der Waals surface area contributed by atoms with E-state index in [0.29, 0.717) is 32.4 Å². The number of rotatable bonds is 4. The Labute approximate surface area is 151 Å². The zero-order chi connectivity index (χ0) is 18.8. The van der Waals surface area contributed by atoms with E-state index in [1.54, 1.807) is 25.1 Å². The van der Waals surface area contributed by atoms with E-state index < -0.39 is 35.8 Å². The lowest BCUT2D eigenvalue weighted by molar-refractivity contribution is -0.138. The molecule has 9 heteroatoms. The molecule has 0 saturated heterocycles. The van der Waals surface area contributed by atoms with E-state index in [0.717, 1.165) is 6.07 Å². The van der Waals surface area contributed by atoms with Crippen LogP contribution in [0.15, 0.2) is 41.3 Å². The van der Waals surface area contributed by atoms with Crippen LogP contribution in [-0.2, 0) is 17.5 Å². The minimum Gasteiger partial charge on any atom is -0.348 e. The normalized spacial score (nSPS) is 12.7. The standard InChI is InChI=1S/C16H13Cl2F3N2O2/c1-9(10-2-4-12(17)13(18)6-10)22-14(24)8-23-7-11(16(19,20)21)3-5-15(23)25/h2-7,9H,8H2,1H3,(H,22,24). The van der Waals surface area contributed by atoms with Gasteiger partial charge in [0, 0.05) is 12.3 Å². The van der Waals surface area contributed by atoms with E-state index in [1.807, 2.05) is 0 Å². The van der Waals surface area contributed by atoms with Gasteiger partial charge in [-0.1, -0.05) is 29.3 Å². The van der Waals surface area contributed by atoms with Crippen LogP contribution in [0.5, 0.6) is 0 Å². The highest BCUT2D eigenvalue weighted by atomic mass is 35.5. The average molecular weight is 393 g/mol. The molecule has 1 aromatic heterocycles. The number of benzene rings is 1. The number of carbonyl (C=O) groups excluding carboxylic acids is 1. The first-order valence-electron chi connectivity index (χ1n) is 7.10. The van der Waals surface area contributed by atoms with Crippen LogP contribution in [0.3, 0.4) is 0 Å². The Hall–Kier alpha value is -1.99. The van der Waals surface area contributed by atoms with Gasteiger partial charge in [-0.2, -0.15) is 13.2 Å². The summed E-state index contributed by atoms with van der Waals surface area (Å²) in [6, 6.07) is 5.79. The topological polar surface area (TPSA) is 51.1 Å². The van der Waals surface area contributed by atoms with Crippen LogP contribution in [0.1, 0.15) is 24.1 Å². The van der Waals surface area contributed by atoms with Crippen molar-refractivity contribution < 1.29 is 18.0 Å². The van der Waals surface area contributed by atoms with Crippen molar-refractivity contribution in [3.8, 4) is 0 Å². The summed E-state index contributed by atoms with van der Waals surface area (Å²) >= 11 is 11.7. The van der Waals surface area contributed by atoms with Gasteiger partial charge in [0.1, 0.15) is 6.54 Å². The van der Waals surface area contributed by atoms with E-state index in [9.17, 15) is 22.8 Å². The largest absolute Gasteiger partial charge is 0.417 e. The van der Waals surface area contributed by atoms with Gasteiger partial charge >= 0.3 is 6.18 Å². The number of aromatic nitrogens is 1. The number of nitrogens with one attached hydrogen (secondary N) is 1. The molecule has 1 N–H and O–H groups in total. The number of amides is 1. The molecule has 4 nitrogen and oxygen atoms in total. The molecule has 0 saturated carbocycles. The zero-order valence-corrected chi connectivity index (χ0v) is 14.4. The van der Waals surface area contributed by atoms with Crippen molar-refractivity contribution in [3.05, 3.63) is 68.1 Å². The molecule has 0 bridgehead atoms. The molecule has 2 rings (SSSR count). The second-order valence-electron chi connectivity index (χ2n) is 5.34. The second-order valence-corrected chi connectivity index (χ2v) is 6.16. The number of alkyl halides is 3. The number of halogens is 5. The van der Waals surface area contributed by atoms with Crippen LogP contribution >= 0.6 is 23.2 Å². The van der Waals surface area contributed by atoms with E-state index in [-0.39, 0.29) is 0 Å². The van der Waals surface area contributed by atoms with Crippen LogP contribution < -0.4 is 10.9 Å². The van der Waals surface area contributed by atoms with Gasteiger partial charge in [-0.05, 0) is 30.7 Å². The molecule has 134 valence electrons. The van der Waals surface area contributed by atoms with Crippen molar-refractivity contribution >= 4 is 29.1 Å². The molecular weight excluding hydrogens is 380 g/mol. The maximum atomic E-state index is 12.7. The van der Waals surface area contributed by atoms with Crippen LogP contribution in [0, 0.1) is 0 Å². The van der Waals surface area contributed by atoms with Gasteiger partial charge in [-0.15, -0.1) is 0 Å². The molecule has 0 fully saturated rings. The predicted octanol–water partition coefficient (Wildman–Crippen LogP) is 4.05. The molecule has 0 radical (unpaired) electrons. The molecule has 1 unspecified atom stereocenters. The van der Waals surface area contributed by atoms with Gasteiger partial charge in [-0.3, -0.25) is 9.59 Å². The Kier molecular flexibility index (Phi) is 5.80. The lowest BCUT2D eigenvalue weighted by Gasteiger charge is -2.16. The van der Waals surface area contributed by atoms with Crippen molar-refractivity contribution in [1.82, 2.24) is 9.88 Å². The maximum absolute atomic E-state index is 12.7. The molecule has 0 aliphatic heterocycles. The summed E-state index contributed by atoms with van der Waals surface area (Å²) in [6.07, 6.45) is -3.98. The Morgan fingerprint density at radius 3 is 2.48 bits per heavy atom. The van der Waals surface area contributed by atoms with E-state index in [1.165, 1.54) is 0 Å². The average Bonchev–Trinajstić information content (AvgIpc) is 2.50. The monoisotopic (exact) mass is 392 g/mol. The first-order chi connectivity index (χ1) is 11.6. The van der Waals surface area contributed by atoms with Gasteiger partial charge in [-0.25, -0.2) is 0 Å².